The normalized spacial score (nSPS) is 11.4. The lowest BCUT2D eigenvalue weighted by atomic mass is 10.0. The number of carbonyl (C=O) groups excluding carboxylic acids is 2. The maximum Gasteiger partial charge on any atom is 0.359 e. The molecule has 6 nitrogen and oxygen atoms in total. The quantitative estimate of drug-likeness (QED) is 0.264. The number of aldehydes is 1. The van der Waals surface area contributed by atoms with Crippen molar-refractivity contribution in [2.24, 2.45) is 0 Å². The number of ether oxygens (including phenoxy) is 2. The summed E-state index contributed by atoms with van der Waals surface area (Å²) < 4.78 is 12.4. The third-order valence-corrected chi connectivity index (χ3v) is 5.82. The molecule has 0 aliphatic carbocycles. The summed E-state index contributed by atoms with van der Waals surface area (Å²) >= 11 is 6.09. The Kier molecular flexibility index (Phi) is 7.35. The average molecular weight is 409 g/mol. The van der Waals surface area contributed by atoms with Gasteiger partial charge in [0, 0.05) is 37.0 Å². The minimum atomic E-state index is -1.18. The van der Waals surface area contributed by atoms with Gasteiger partial charge in [0.05, 0.1) is 6.61 Å². The van der Waals surface area contributed by atoms with Crippen molar-refractivity contribution in [3.05, 3.63) is 40.7 Å². The van der Waals surface area contributed by atoms with Crippen LogP contribution in [0.25, 0.3) is 11.1 Å². The van der Waals surface area contributed by atoms with Crippen LogP contribution >= 0.6 is 11.6 Å². The first-order valence-corrected chi connectivity index (χ1v) is 12.9. The molecule has 2 aromatic rings. The molecule has 0 atom stereocenters. The zero-order chi connectivity index (χ0) is 20.0. The summed E-state index contributed by atoms with van der Waals surface area (Å²) in [5.74, 6) is -0.551. The van der Waals surface area contributed by atoms with Crippen LogP contribution in [0.3, 0.4) is 0 Å². The molecule has 1 aromatic carbocycles. The largest absolute Gasteiger partial charge is 0.461 e. The number of benzene rings is 1. The van der Waals surface area contributed by atoms with Crippen molar-refractivity contribution in [1.82, 2.24) is 9.78 Å². The number of carbonyl (C=O) groups is 2. The van der Waals surface area contributed by atoms with Gasteiger partial charge in [0.2, 0.25) is 0 Å². The predicted octanol–water partition coefficient (Wildman–Crippen LogP) is 4.51. The highest BCUT2D eigenvalue weighted by molar-refractivity contribution is 6.76. The van der Waals surface area contributed by atoms with E-state index in [-0.39, 0.29) is 19.0 Å². The van der Waals surface area contributed by atoms with E-state index in [1.807, 2.05) is 0 Å². The Morgan fingerprint density at radius 1 is 1.30 bits per heavy atom. The number of hydrogen-bond acceptors (Lipinski definition) is 5. The van der Waals surface area contributed by atoms with Crippen LogP contribution in [0.5, 0.6) is 0 Å². The van der Waals surface area contributed by atoms with Crippen molar-refractivity contribution in [3.8, 4) is 11.1 Å². The van der Waals surface area contributed by atoms with Crippen molar-refractivity contribution in [1.29, 1.82) is 0 Å². The first-order chi connectivity index (χ1) is 12.7. The van der Waals surface area contributed by atoms with Gasteiger partial charge in [0.15, 0.2) is 12.0 Å². The number of hydrogen-bond donors (Lipinski definition) is 0. The van der Waals surface area contributed by atoms with E-state index in [9.17, 15) is 9.59 Å². The molecule has 1 heterocycles. The van der Waals surface area contributed by atoms with E-state index in [4.69, 9.17) is 21.1 Å². The van der Waals surface area contributed by atoms with Crippen LogP contribution in [0.2, 0.25) is 30.7 Å². The van der Waals surface area contributed by atoms with Crippen molar-refractivity contribution in [3.63, 3.8) is 0 Å². The van der Waals surface area contributed by atoms with Gasteiger partial charge in [-0.25, -0.2) is 9.48 Å². The highest BCUT2D eigenvalue weighted by Crippen LogP contribution is 2.29. The van der Waals surface area contributed by atoms with E-state index >= 15 is 0 Å². The van der Waals surface area contributed by atoms with Crippen LogP contribution in [0.1, 0.15) is 27.8 Å². The van der Waals surface area contributed by atoms with E-state index in [1.54, 1.807) is 36.0 Å². The number of rotatable bonds is 9. The summed E-state index contributed by atoms with van der Waals surface area (Å²) in [5, 5.41) is 4.78. The number of halogens is 1. The Labute approximate surface area is 165 Å². The average Bonchev–Trinajstić information content (AvgIpc) is 3.02. The molecule has 0 aliphatic rings. The van der Waals surface area contributed by atoms with Crippen molar-refractivity contribution in [2.45, 2.75) is 39.3 Å². The molecule has 0 fully saturated rings. The fourth-order valence-corrected chi connectivity index (χ4v) is 3.36. The summed E-state index contributed by atoms with van der Waals surface area (Å²) in [5.41, 5.74) is 1.58. The lowest BCUT2D eigenvalue weighted by Gasteiger charge is -2.15. The van der Waals surface area contributed by atoms with Gasteiger partial charge in [0.1, 0.15) is 6.73 Å². The van der Waals surface area contributed by atoms with E-state index < -0.39 is 14.0 Å². The molecule has 146 valence electrons. The second-order valence-corrected chi connectivity index (χ2v) is 13.4. The molecule has 0 saturated heterocycles. The molecule has 0 saturated carbocycles. The van der Waals surface area contributed by atoms with Gasteiger partial charge in [-0.1, -0.05) is 31.2 Å². The lowest BCUT2D eigenvalue weighted by Crippen LogP contribution is -2.22. The molecule has 0 radical (unpaired) electrons. The van der Waals surface area contributed by atoms with Crippen LogP contribution in [-0.4, -0.2) is 43.3 Å². The Bertz CT molecular complexity index is 815. The number of esters is 1. The Morgan fingerprint density at radius 2 is 2.04 bits per heavy atom. The van der Waals surface area contributed by atoms with E-state index in [1.165, 1.54) is 0 Å². The summed E-state index contributed by atoms with van der Waals surface area (Å²) in [6.07, 6.45) is 2.40. The SMILES string of the molecule is CCOC(=O)c1nn(COCC[Si](C)(C)C)cc1-c1cc(Cl)ccc1C=O. The molecule has 0 unspecified atom stereocenters. The second kappa shape index (κ2) is 9.30. The monoisotopic (exact) mass is 408 g/mol. The minimum absolute atomic E-state index is 0.135. The van der Waals surface area contributed by atoms with E-state index in [2.05, 4.69) is 24.7 Å². The number of aromatic nitrogens is 2. The molecule has 27 heavy (non-hydrogen) atoms. The Balaban J connectivity index is 2.32. The first-order valence-electron chi connectivity index (χ1n) is 8.82. The molecule has 0 bridgehead atoms. The van der Waals surface area contributed by atoms with Gasteiger partial charge in [-0.2, -0.15) is 5.10 Å². The summed E-state index contributed by atoms with van der Waals surface area (Å²) in [6.45, 7) is 9.65. The molecule has 0 amide bonds. The topological polar surface area (TPSA) is 70.4 Å². The molecule has 8 heteroatoms. The third-order valence-electron chi connectivity index (χ3n) is 3.88. The maximum absolute atomic E-state index is 12.3. The summed E-state index contributed by atoms with van der Waals surface area (Å²) in [4.78, 5) is 23.8. The maximum atomic E-state index is 12.3. The smallest absolute Gasteiger partial charge is 0.359 e. The summed E-state index contributed by atoms with van der Waals surface area (Å²) in [7, 11) is -1.18. The van der Waals surface area contributed by atoms with Crippen LogP contribution in [0, 0.1) is 0 Å². The van der Waals surface area contributed by atoms with Crippen LogP contribution in [0.15, 0.2) is 24.4 Å². The van der Waals surface area contributed by atoms with Crippen LogP contribution in [-0.2, 0) is 16.2 Å². The molecule has 0 aliphatic heterocycles. The standard InChI is InChI=1S/C19H25ClN2O4Si/c1-5-26-19(24)18-17(16-10-15(20)7-6-14(16)12-23)11-22(21-18)13-25-8-9-27(2,3)4/h6-7,10-12H,5,8-9,13H2,1-4H3. The van der Waals surface area contributed by atoms with Crippen molar-refractivity contribution >= 4 is 31.9 Å². The van der Waals surface area contributed by atoms with Crippen LogP contribution in [0.4, 0.5) is 0 Å². The predicted molar refractivity (Wildman–Crippen MR) is 108 cm³/mol. The zero-order valence-electron chi connectivity index (χ0n) is 16.1. The Morgan fingerprint density at radius 3 is 2.67 bits per heavy atom. The molecule has 0 spiro atoms. The first kappa shape index (κ1) is 21.3. The van der Waals surface area contributed by atoms with Gasteiger partial charge in [-0.15, -0.1) is 0 Å². The zero-order valence-corrected chi connectivity index (χ0v) is 17.9. The molecule has 2 rings (SSSR count). The fourth-order valence-electron chi connectivity index (χ4n) is 2.44. The van der Waals surface area contributed by atoms with Crippen LogP contribution < -0.4 is 0 Å². The lowest BCUT2D eigenvalue weighted by molar-refractivity contribution is 0.0511. The van der Waals surface area contributed by atoms with Gasteiger partial charge >= 0.3 is 5.97 Å². The fraction of sp³-hybridized carbons (Fsp3) is 0.421. The van der Waals surface area contributed by atoms with Gasteiger partial charge in [-0.05, 0) is 36.7 Å². The van der Waals surface area contributed by atoms with Crippen molar-refractivity contribution < 1.29 is 19.1 Å². The molecular weight excluding hydrogens is 384 g/mol. The molecule has 0 N–H and O–H groups in total. The van der Waals surface area contributed by atoms with E-state index in [0.717, 1.165) is 12.3 Å². The third kappa shape index (κ3) is 6.02. The van der Waals surface area contributed by atoms with Gasteiger partial charge in [-0.3, -0.25) is 4.79 Å². The molecule has 1 aromatic heterocycles. The second-order valence-electron chi connectivity index (χ2n) is 7.35. The van der Waals surface area contributed by atoms with Gasteiger partial charge in [0.25, 0.3) is 0 Å². The van der Waals surface area contributed by atoms with Gasteiger partial charge < -0.3 is 9.47 Å². The Hall–Kier alpha value is -1.96. The van der Waals surface area contributed by atoms with Crippen molar-refractivity contribution in [2.75, 3.05) is 13.2 Å². The van der Waals surface area contributed by atoms with E-state index in [0.29, 0.717) is 28.3 Å². The summed E-state index contributed by atoms with van der Waals surface area (Å²) in [6, 6.07) is 5.92. The minimum Gasteiger partial charge on any atom is -0.461 e. The number of nitrogens with zero attached hydrogens (tertiary/aromatic N) is 2. The highest BCUT2D eigenvalue weighted by Gasteiger charge is 2.22. The highest BCUT2D eigenvalue weighted by atomic mass is 35.5. The molecular formula is C19H25ClN2O4Si.